The van der Waals surface area contributed by atoms with Crippen LogP contribution in [0.3, 0.4) is 0 Å². The summed E-state index contributed by atoms with van der Waals surface area (Å²) in [5.74, 6) is 0.868. The predicted molar refractivity (Wildman–Crippen MR) is 52.0 cm³/mol. The summed E-state index contributed by atoms with van der Waals surface area (Å²) in [5, 5.41) is 0.918. The Hall–Kier alpha value is -0.380. The third kappa shape index (κ3) is 1.64. The Morgan fingerprint density at radius 3 is 2.46 bits per heavy atom. The monoisotopic (exact) mass is 217 g/mol. The first-order chi connectivity index (χ1) is 6.24. The molecule has 3 nitrogen and oxygen atoms in total. The quantitative estimate of drug-likeness (QED) is 0.770. The van der Waals surface area contributed by atoms with Crippen LogP contribution in [-0.2, 0) is 0 Å². The van der Waals surface area contributed by atoms with Gasteiger partial charge in [-0.1, -0.05) is 23.2 Å². The van der Waals surface area contributed by atoms with Crippen LogP contribution < -0.4 is 5.73 Å². The molecule has 70 valence electrons. The second kappa shape index (κ2) is 3.40. The lowest BCUT2D eigenvalue weighted by Crippen LogP contribution is -2.03. The van der Waals surface area contributed by atoms with Gasteiger partial charge in [0.1, 0.15) is 16.6 Å². The van der Waals surface area contributed by atoms with E-state index in [1.807, 2.05) is 0 Å². The molecule has 2 atom stereocenters. The van der Waals surface area contributed by atoms with Crippen molar-refractivity contribution in [3.63, 3.8) is 0 Å². The molecule has 1 aromatic rings. The van der Waals surface area contributed by atoms with Gasteiger partial charge in [-0.15, -0.1) is 0 Å². The van der Waals surface area contributed by atoms with Gasteiger partial charge < -0.3 is 5.73 Å². The topological polar surface area (TPSA) is 51.8 Å². The van der Waals surface area contributed by atoms with Gasteiger partial charge in [-0.25, -0.2) is 9.97 Å². The summed E-state index contributed by atoms with van der Waals surface area (Å²) in [6.45, 7) is 0.673. The number of hydrogen-bond acceptors (Lipinski definition) is 3. The van der Waals surface area contributed by atoms with E-state index in [0.29, 0.717) is 28.7 Å². The molecule has 0 radical (unpaired) electrons. The van der Waals surface area contributed by atoms with Gasteiger partial charge in [0.25, 0.3) is 0 Å². The van der Waals surface area contributed by atoms with Gasteiger partial charge in [0.2, 0.25) is 0 Å². The lowest BCUT2D eigenvalue weighted by atomic mass is 10.2. The first-order valence-corrected chi connectivity index (χ1v) is 4.85. The Kier molecular flexibility index (Phi) is 2.41. The van der Waals surface area contributed by atoms with E-state index in [4.69, 9.17) is 28.9 Å². The lowest BCUT2D eigenvalue weighted by molar-refractivity contribution is 0.805. The molecule has 1 fully saturated rings. The van der Waals surface area contributed by atoms with Crippen molar-refractivity contribution in [2.24, 2.45) is 11.7 Å². The molecule has 0 saturated heterocycles. The Labute approximate surface area is 86.3 Å². The third-order valence-corrected chi connectivity index (χ3v) is 2.99. The van der Waals surface area contributed by atoms with Crippen molar-refractivity contribution in [3.8, 4) is 0 Å². The fourth-order valence-corrected chi connectivity index (χ4v) is 2.12. The second-order valence-electron chi connectivity index (χ2n) is 3.21. The SMILES string of the molecule is NC[C@@H]1C[C@H]1c1c(Cl)ncnc1Cl. The molecule has 1 heterocycles. The van der Waals surface area contributed by atoms with Crippen molar-refractivity contribution >= 4 is 23.2 Å². The largest absolute Gasteiger partial charge is 0.330 e. The van der Waals surface area contributed by atoms with E-state index < -0.39 is 0 Å². The number of halogens is 2. The minimum atomic E-state index is 0.367. The molecule has 0 amide bonds. The minimum Gasteiger partial charge on any atom is -0.330 e. The van der Waals surface area contributed by atoms with Crippen LogP contribution in [0.25, 0.3) is 0 Å². The minimum absolute atomic E-state index is 0.367. The smallest absolute Gasteiger partial charge is 0.137 e. The Morgan fingerprint density at radius 2 is 2.00 bits per heavy atom. The van der Waals surface area contributed by atoms with Crippen molar-refractivity contribution in [2.75, 3.05) is 6.54 Å². The zero-order valence-electron chi connectivity index (χ0n) is 6.87. The van der Waals surface area contributed by atoms with Gasteiger partial charge in [0.15, 0.2) is 0 Å². The Morgan fingerprint density at radius 1 is 1.38 bits per heavy atom. The van der Waals surface area contributed by atoms with Crippen LogP contribution in [0.2, 0.25) is 10.3 Å². The fourth-order valence-electron chi connectivity index (χ4n) is 1.52. The predicted octanol–water partition coefficient (Wildman–Crippen LogP) is 1.85. The van der Waals surface area contributed by atoms with Gasteiger partial charge in [0, 0.05) is 5.56 Å². The summed E-state index contributed by atoms with van der Waals surface area (Å²) < 4.78 is 0. The fraction of sp³-hybridized carbons (Fsp3) is 0.500. The maximum Gasteiger partial charge on any atom is 0.137 e. The van der Waals surface area contributed by atoms with E-state index >= 15 is 0 Å². The number of nitrogens with two attached hydrogens (primary N) is 1. The highest BCUT2D eigenvalue weighted by Gasteiger charge is 2.40. The summed E-state index contributed by atoms with van der Waals surface area (Å²) in [7, 11) is 0. The van der Waals surface area contributed by atoms with Crippen LogP contribution in [0.4, 0.5) is 0 Å². The van der Waals surface area contributed by atoms with Crippen molar-refractivity contribution in [3.05, 3.63) is 22.2 Å². The molecule has 0 aliphatic heterocycles. The van der Waals surface area contributed by atoms with E-state index in [2.05, 4.69) is 9.97 Å². The van der Waals surface area contributed by atoms with E-state index in [0.717, 1.165) is 12.0 Å². The van der Waals surface area contributed by atoms with Gasteiger partial charge >= 0.3 is 0 Å². The van der Waals surface area contributed by atoms with Crippen molar-refractivity contribution in [1.29, 1.82) is 0 Å². The second-order valence-corrected chi connectivity index (χ2v) is 3.92. The number of hydrogen-bond donors (Lipinski definition) is 1. The zero-order chi connectivity index (χ0) is 9.42. The maximum absolute atomic E-state index is 5.91. The molecule has 5 heteroatoms. The molecule has 0 aromatic carbocycles. The lowest BCUT2D eigenvalue weighted by Gasteiger charge is -2.02. The molecule has 13 heavy (non-hydrogen) atoms. The van der Waals surface area contributed by atoms with Crippen molar-refractivity contribution < 1.29 is 0 Å². The standard InChI is InChI=1S/C8H9Cl2N3/c9-7-6(5-1-4(5)2-11)8(10)13-3-12-7/h3-5H,1-2,11H2/t4-,5+/m0/s1. The van der Waals surface area contributed by atoms with E-state index in [9.17, 15) is 0 Å². The molecule has 1 aliphatic carbocycles. The molecule has 0 spiro atoms. The highest BCUT2D eigenvalue weighted by Crippen LogP contribution is 2.50. The van der Waals surface area contributed by atoms with E-state index in [1.54, 1.807) is 0 Å². The molecular weight excluding hydrogens is 209 g/mol. The summed E-state index contributed by atoms with van der Waals surface area (Å²) in [4.78, 5) is 7.80. The van der Waals surface area contributed by atoms with Crippen molar-refractivity contribution in [2.45, 2.75) is 12.3 Å². The molecule has 0 unspecified atom stereocenters. The average molecular weight is 218 g/mol. The average Bonchev–Trinajstić information content (AvgIpc) is 2.83. The first kappa shape index (κ1) is 9.19. The van der Waals surface area contributed by atoms with E-state index in [-0.39, 0.29) is 0 Å². The Balaban J connectivity index is 2.30. The van der Waals surface area contributed by atoms with Gasteiger partial charge in [-0.2, -0.15) is 0 Å². The maximum atomic E-state index is 5.91. The van der Waals surface area contributed by atoms with Crippen molar-refractivity contribution in [1.82, 2.24) is 9.97 Å². The normalized spacial score (nSPS) is 26.1. The van der Waals surface area contributed by atoms with E-state index in [1.165, 1.54) is 6.33 Å². The van der Waals surface area contributed by atoms with Crippen LogP contribution in [0.1, 0.15) is 17.9 Å². The number of aromatic nitrogens is 2. The highest BCUT2D eigenvalue weighted by atomic mass is 35.5. The summed E-state index contributed by atoms with van der Waals surface area (Å²) in [5.41, 5.74) is 6.40. The van der Waals surface area contributed by atoms with Gasteiger partial charge in [0.05, 0.1) is 0 Å². The van der Waals surface area contributed by atoms with Gasteiger partial charge in [-0.05, 0) is 24.8 Å². The Bertz CT molecular complexity index is 309. The van der Waals surface area contributed by atoms with Crippen LogP contribution in [0.15, 0.2) is 6.33 Å². The third-order valence-electron chi connectivity index (χ3n) is 2.38. The number of nitrogens with zero attached hydrogens (tertiary/aromatic N) is 2. The van der Waals surface area contributed by atoms with Crippen LogP contribution >= 0.6 is 23.2 Å². The van der Waals surface area contributed by atoms with Crippen LogP contribution in [0.5, 0.6) is 0 Å². The molecular formula is C8H9Cl2N3. The van der Waals surface area contributed by atoms with Crippen LogP contribution in [-0.4, -0.2) is 16.5 Å². The number of rotatable bonds is 2. The summed E-state index contributed by atoms with van der Waals surface area (Å²) in [6, 6.07) is 0. The van der Waals surface area contributed by atoms with Gasteiger partial charge in [-0.3, -0.25) is 0 Å². The molecule has 1 saturated carbocycles. The molecule has 1 aliphatic rings. The summed E-state index contributed by atoms with van der Waals surface area (Å²) in [6.07, 6.45) is 2.41. The highest BCUT2D eigenvalue weighted by molar-refractivity contribution is 6.34. The molecule has 2 N–H and O–H groups in total. The van der Waals surface area contributed by atoms with Crippen LogP contribution in [0, 0.1) is 5.92 Å². The molecule has 0 bridgehead atoms. The zero-order valence-corrected chi connectivity index (χ0v) is 8.39. The molecule has 1 aromatic heterocycles. The molecule has 2 rings (SSSR count). The summed E-state index contributed by atoms with van der Waals surface area (Å²) >= 11 is 11.8. The first-order valence-electron chi connectivity index (χ1n) is 4.10.